The van der Waals surface area contributed by atoms with Gasteiger partial charge in [-0.1, -0.05) is 17.7 Å². The quantitative estimate of drug-likeness (QED) is 0.158. The summed E-state index contributed by atoms with van der Waals surface area (Å²) in [4.78, 5) is 33.5. The summed E-state index contributed by atoms with van der Waals surface area (Å²) in [6.45, 7) is 3.62. The van der Waals surface area contributed by atoms with Gasteiger partial charge in [0.2, 0.25) is 0 Å². The number of pyridine rings is 2. The van der Waals surface area contributed by atoms with Gasteiger partial charge < -0.3 is 21.1 Å². The van der Waals surface area contributed by atoms with E-state index >= 15 is 4.39 Å². The number of carbonyl (C=O) groups is 1. The summed E-state index contributed by atoms with van der Waals surface area (Å²) in [5.74, 6) is -0.161. The third kappa shape index (κ3) is 5.74. The zero-order chi connectivity index (χ0) is 34.1. The summed E-state index contributed by atoms with van der Waals surface area (Å²) >= 11 is 5.98. The van der Waals surface area contributed by atoms with Crippen LogP contribution < -0.4 is 21.1 Å². The number of Topliss-reactive ketones (excluding diaryl/α,β-unsaturated/α-hetero) is 1. The normalized spacial score (nSPS) is 20.8. The van der Waals surface area contributed by atoms with Crippen molar-refractivity contribution in [1.29, 1.82) is 0 Å². The molecular formula is C33H33ClF4N8O2. The van der Waals surface area contributed by atoms with E-state index in [9.17, 15) is 18.0 Å². The fourth-order valence-electron chi connectivity index (χ4n) is 7.02. The Labute approximate surface area is 278 Å². The summed E-state index contributed by atoms with van der Waals surface area (Å²) in [6, 6.07) is 5.18. The molecule has 3 aliphatic rings. The molecule has 10 nitrogen and oxygen atoms in total. The van der Waals surface area contributed by atoms with Crippen molar-refractivity contribution in [2.24, 2.45) is 11.3 Å². The minimum absolute atomic E-state index is 0.0929. The summed E-state index contributed by atoms with van der Waals surface area (Å²) in [7, 11) is 1.72. The van der Waals surface area contributed by atoms with E-state index in [2.05, 4.69) is 24.8 Å². The van der Waals surface area contributed by atoms with Gasteiger partial charge in [-0.3, -0.25) is 14.7 Å². The van der Waals surface area contributed by atoms with E-state index in [1.807, 2.05) is 6.92 Å². The molecule has 2 bridgehead atoms. The number of rotatable bonds is 9. The lowest BCUT2D eigenvalue weighted by atomic mass is 10.0. The van der Waals surface area contributed by atoms with Crippen LogP contribution in [0.25, 0.3) is 22.2 Å². The Balaban J connectivity index is 1.29. The number of nitrogens with two attached hydrogens (primary N) is 2. The molecule has 3 atom stereocenters. The number of likely N-dealkylation sites (tertiary alicyclic amines) is 1. The SMILES string of the molecule is CC(c1cccnc1N)N(C)c1nc(OCC2(CN3C[C@@H]4C[C@H]3CC4=O)CC2)nc2c(F)c(-c3cc(N)cc(Cl)c3C(F)(F)F)ncc12. The Hall–Kier alpha value is -4.30. The molecule has 0 spiro atoms. The molecule has 1 unspecified atom stereocenters. The lowest BCUT2D eigenvalue weighted by molar-refractivity contribution is -0.137. The second-order valence-electron chi connectivity index (χ2n) is 13.2. The first-order chi connectivity index (χ1) is 22.7. The molecule has 4 N–H and O–H groups in total. The van der Waals surface area contributed by atoms with Crippen LogP contribution in [0.1, 0.15) is 49.8 Å². The predicted molar refractivity (Wildman–Crippen MR) is 173 cm³/mol. The van der Waals surface area contributed by atoms with Crippen LogP contribution in [0.3, 0.4) is 0 Å². The van der Waals surface area contributed by atoms with Crippen LogP contribution in [0.5, 0.6) is 6.01 Å². The van der Waals surface area contributed by atoms with Gasteiger partial charge in [-0.15, -0.1) is 0 Å². The highest BCUT2D eigenvalue weighted by molar-refractivity contribution is 6.32. The topological polar surface area (TPSA) is 136 Å². The molecule has 1 aromatic carbocycles. The van der Waals surface area contributed by atoms with Crippen molar-refractivity contribution in [1.82, 2.24) is 24.8 Å². The number of ether oxygens (including phenoxy) is 1. The number of nitrogens with zero attached hydrogens (tertiary/aromatic N) is 6. The summed E-state index contributed by atoms with van der Waals surface area (Å²) in [6.07, 6.45) is 1.16. The second-order valence-corrected chi connectivity index (χ2v) is 13.6. The van der Waals surface area contributed by atoms with Gasteiger partial charge in [-0.05, 0) is 44.4 Å². The number of fused-ring (bicyclic) bond motifs is 3. The number of aromatic nitrogens is 4. The minimum atomic E-state index is -4.92. The van der Waals surface area contributed by atoms with Gasteiger partial charge in [0, 0.05) is 73.1 Å². The smallest absolute Gasteiger partial charge is 0.418 e. The average molecular weight is 685 g/mol. The first-order valence-corrected chi connectivity index (χ1v) is 16.0. The third-order valence-corrected chi connectivity index (χ3v) is 10.3. The Morgan fingerprint density at radius 1 is 1.21 bits per heavy atom. The van der Waals surface area contributed by atoms with Gasteiger partial charge in [0.25, 0.3) is 0 Å². The summed E-state index contributed by atoms with van der Waals surface area (Å²) < 4.78 is 65.2. The van der Waals surface area contributed by atoms with Crippen molar-refractivity contribution < 1.29 is 27.1 Å². The Morgan fingerprint density at radius 2 is 1.98 bits per heavy atom. The molecule has 15 heteroatoms. The van der Waals surface area contributed by atoms with Crippen LogP contribution >= 0.6 is 11.6 Å². The van der Waals surface area contributed by atoms with Gasteiger partial charge in [-0.2, -0.15) is 23.1 Å². The van der Waals surface area contributed by atoms with Crippen LogP contribution in [0.15, 0.2) is 36.7 Å². The monoisotopic (exact) mass is 684 g/mol. The number of alkyl halides is 3. The maximum Gasteiger partial charge on any atom is 0.418 e. The zero-order valence-electron chi connectivity index (χ0n) is 26.2. The highest BCUT2D eigenvalue weighted by Gasteiger charge is 2.51. The third-order valence-electron chi connectivity index (χ3n) is 9.95. The summed E-state index contributed by atoms with van der Waals surface area (Å²) in [5.41, 5.74) is 9.63. The Morgan fingerprint density at radius 3 is 2.62 bits per heavy atom. The van der Waals surface area contributed by atoms with Crippen LogP contribution in [-0.4, -0.2) is 63.4 Å². The number of hydrogen-bond donors (Lipinski definition) is 2. The molecule has 252 valence electrons. The van der Waals surface area contributed by atoms with E-state index in [1.165, 1.54) is 6.20 Å². The highest BCUT2D eigenvalue weighted by Crippen LogP contribution is 2.49. The van der Waals surface area contributed by atoms with Crippen LogP contribution in [0.2, 0.25) is 5.02 Å². The van der Waals surface area contributed by atoms with Crippen LogP contribution in [0.4, 0.5) is 34.9 Å². The molecule has 1 aliphatic heterocycles. The Bertz CT molecular complexity index is 1940. The standard InChI is InChI=1S/C33H33ClF4N8O2/c1-16(20-4-3-7-41-29(20)40)45(2)30-22-12-42-27(21-9-18(39)10-23(34)25(21)33(36,37)38)26(35)28(22)43-31(44-30)48-15-32(5-6-32)14-46-13-17-8-19(46)11-24(17)47/h3-4,7,9-10,12,16-17,19H,5-6,8,11,13-15,39H2,1-2H3,(H2,40,41)/t16?,17-,19-/m0/s1. The predicted octanol–water partition coefficient (Wildman–Crippen LogP) is 6.08. The van der Waals surface area contributed by atoms with Crippen molar-refractivity contribution in [2.75, 3.05) is 43.1 Å². The van der Waals surface area contributed by atoms with Gasteiger partial charge in [-0.25, -0.2) is 9.37 Å². The molecule has 0 radical (unpaired) electrons. The van der Waals surface area contributed by atoms with E-state index in [1.54, 1.807) is 30.3 Å². The van der Waals surface area contributed by atoms with Gasteiger partial charge in [0.05, 0.1) is 28.6 Å². The first kappa shape index (κ1) is 32.3. The number of halogens is 5. The van der Waals surface area contributed by atoms with E-state index in [-0.39, 0.29) is 52.4 Å². The lowest BCUT2D eigenvalue weighted by Gasteiger charge is -2.30. The molecule has 48 heavy (non-hydrogen) atoms. The molecule has 0 amide bonds. The van der Waals surface area contributed by atoms with Gasteiger partial charge in [0.1, 0.15) is 28.6 Å². The maximum atomic E-state index is 16.5. The largest absolute Gasteiger partial charge is 0.463 e. The fraction of sp³-hybridized carbons (Fsp3) is 0.424. The minimum Gasteiger partial charge on any atom is -0.463 e. The average Bonchev–Trinajstić information content (AvgIpc) is 3.54. The van der Waals surface area contributed by atoms with Crippen molar-refractivity contribution in [3.8, 4) is 17.3 Å². The fourth-order valence-corrected chi connectivity index (χ4v) is 7.35. The number of ketones is 1. The Kier molecular flexibility index (Phi) is 7.86. The van der Waals surface area contributed by atoms with Gasteiger partial charge >= 0.3 is 12.2 Å². The van der Waals surface area contributed by atoms with E-state index in [0.29, 0.717) is 23.6 Å². The zero-order valence-corrected chi connectivity index (χ0v) is 26.9. The first-order valence-electron chi connectivity index (χ1n) is 15.6. The lowest BCUT2D eigenvalue weighted by Crippen LogP contribution is -2.40. The van der Waals surface area contributed by atoms with E-state index in [4.69, 9.17) is 27.8 Å². The maximum absolute atomic E-state index is 16.5. The molecule has 2 aliphatic carbocycles. The van der Waals surface area contributed by atoms with Crippen molar-refractivity contribution >= 4 is 45.6 Å². The van der Waals surface area contributed by atoms with E-state index in [0.717, 1.165) is 44.5 Å². The molecular weight excluding hydrogens is 652 g/mol. The number of benzene rings is 1. The number of hydrogen-bond acceptors (Lipinski definition) is 10. The molecule has 1 saturated heterocycles. The highest BCUT2D eigenvalue weighted by atomic mass is 35.5. The molecule has 4 aromatic rings. The van der Waals surface area contributed by atoms with Crippen LogP contribution in [0, 0.1) is 17.2 Å². The van der Waals surface area contributed by atoms with Crippen molar-refractivity contribution in [2.45, 2.75) is 50.9 Å². The molecule has 2 saturated carbocycles. The number of anilines is 3. The summed E-state index contributed by atoms with van der Waals surface area (Å²) in [5, 5.41) is -0.540. The van der Waals surface area contributed by atoms with Crippen LogP contribution in [-0.2, 0) is 11.0 Å². The number of nitrogen functional groups attached to an aromatic ring is 2. The van der Waals surface area contributed by atoms with Gasteiger partial charge in [0.15, 0.2) is 5.82 Å². The van der Waals surface area contributed by atoms with Crippen molar-refractivity contribution in [3.63, 3.8) is 0 Å². The van der Waals surface area contributed by atoms with E-state index < -0.39 is 39.9 Å². The van der Waals surface area contributed by atoms with Crippen molar-refractivity contribution in [3.05, 3.63) is 58.6 Å². The molecule has 4 heterocycles. The molecule has 3 fully saturated rings. The molecule has 3 aromatic heterocycles. The number of carbonyl (C=O) groups excluding carboxylic acids is 1. The second kappa shape index (κ2) is 11.7. The molecule has 7 rings (SSSR count). The number of piperidine rings is 1.